The molecule has 144 valence electrons. The van der Waals surface area contributed by atoms with Gasteiger partial charge in [0.15, 0.2) is 0 Å². The monoisotopic (exact) mass is 376 g/mol. The number of rotatable bonds is 4. The first kappa shape index (κ1) is 17.4. The minimum absolute atomic E-state index is 0.0624. The van der Waals surface area contributed by atoms with E-state index < -0.39 is 5.97 Å². The van der Waals surface area contributed by atoms with Crippen LogP contribution in [0.15, 0.2) is 30.3 Å². The Morgan fingerprint density at radius 2 is 2.21 bits per heavy atom. The topological polar surface area (TPSA) is 80.0 Å². The molecule has 5 rings (SSSR count). The summed E-state index contributed by atoms with van der Waals surface area (Å²) in [5, 5.41) is 21.6. The van der Waals surface area contributed by atoms with Gasteiger partial charge in [-0.3, -0.25) is 4.79 Å². The molecule has 3 unspecified atom stereocenters. The average molecular weight is 376 g/mol. The molecule has 2 aliphatic rings. The third-order valence-electron chi connectivity index (χ3n) is 6.57. The molecule has 1 saturated heterocycles. The molecule has 2 heterocycles. The van der Waals surface area contributed by atoms with Gasteiger partial charge in [-0.15, -0.1) is 5.10 Å². The second-order valence-electron chi connectivity index (χ2n) is 8.15. The van der Waals surface area contributed by atoms with E-state index in [2.05, 4.69) is 33.8 Å². The summed E-state index contributed by atoms with van der Waals surface area (Å²) < 4.78 is 1.75. The van der Waals surface area contributed by atoms with E-state index in [1.807, 2.05) is 26.1 Å². The van der Waals surface area contributed by atoms with Gasteiger partial charge in [-0.1, -0.05) is 29.5 Å². The fraction of sp³-hybridized carbons (Fsp3) is 0.409. The zero-order valence-corrected chi connectivity index (χ0v) is 16.1. The standard InChI is InChI=1S/C22H24N4O2/c1-12-16(5-6-19-21(12)24-25-26(19)2)17(11-20(27)28)14-4-3-13-9-15-7-8-23-22(15)18(13)10-14/h3-6,10,15,17,22-23H,7-9,11H2,1-2H3,(H,27,28). The summed E-state index contributed by atoms with van der Waals surface area (Å²) in [4.78, 5) is 11.7. The van der Waals surface area contributed by atoms with E-state index in [9.17, 15) is 9.90 Å². The first-order chi connectivity index (χ1) is 13.5. The Hall–Kier alpha value is -2.73. The van der Waals surface area contributed by atoms with Gasteiger partial charge in [0.1, 0.15) is 5.52 Å². The maximum Gasteiger partial charge on any atom is 0.304 e. The van der Waals surface area contributed by atoms with E-state index in [4.69, 9.17) is 0 Å². The second-order valence-corrected chi connectivity index (χ2v) is 8.15. The third kappa shape index (κ3) is 2.63. The van der Waals surface area contributed by atoms with Crippen molar-refractivity contribution in [1.29, 1.82) is 0 Å². The molecule has 6 heteroatoms. The van der Waals surface area contributed by atoms with Crippen molar-refractivity contribution in [2.75, 3.05) is 6.54 Å². The van der Waals surface area contributed by atoms with E-state index >= 15 is 0 Å². The van der Waals surface area contributed by atoms with Crippen molar-refractivity contribution >= 4 is 17.0 Å². The van der Waals surface area contributed by atoms with Crippen LogP contribution in [0.1, 0.15) is 52.6 Å². The van der Waals surface area contributed by atoms with E-state index in [-0.39, 0.29) is 12.3 Å². The highest BCUT2D eigenvalue weighted by atomic mass is 16.4. The third-order valence-corrected chi connectivity index (χ3v) is 6.57. The molecule has 0 saturated carbocycles. The molecular formula is C22H24N4O2. The van der Waals surface area contributed by atoms with Crippen LogP contribution in [0.3, 0.4) is 0 Å². The lowest BCUT2D eigenvalue weighted by Crippen LogP contribution is -2.15. The van der Waals surface area contributed by atoms with Crippen LogP contribution >= 0.6 is 0 Å². The number of nitrogens with zero attached hydrogens (tertiary/aromatic N) is 3. The molecule has 1 aromatic heterocycles. The van der Waals surface area contributed by atoms with Gasteiger partial charge in [0.2, 0.25) is 0 Å². The fourth-order valence-corrected chi connectivity index (χ4v) is 5.14. The lowest BCUT2D eigenvalue weighted by molar-refractivity contribution is -0.137. The summed E-state index contributed by atoms with van der Waals surface area (Å²) in [6, 6.07) is 11.0. The number of carboxylic acids is 1. The first-order valence-electron chi connectivity index (χ1n) is 9.89. The molecule has 3 aromatic rings. The molecule has 0 radical (unpaired) electrons. The van der Waals surface area contributed by atoms with Gasteiger partial charge in [-0.25, -0.2) is 4.68 Å². The van der Waals surface area contributed by atoms with Gasteiger partial charge in [-0.2, -0.15) is 0 Å². The summed E-state index contributed by atoms with van der Waals surface area (Å²) in [7, 11) is 1.87. The Balaban J connectivity index is 1.61. The number of fused-ring (bicyclic) bond motifs is 4. The minimum Gasteiger partial charge on any atom is -0.481 e. The van der Waals surface area contributed by atoms with Crippen LogP contribution < -0.4 is 5.32 Å². The van der Waals surface area contributed by atoms with Gasteiger partial charge in [0, 0.05) is 19.0 Å². The number of hydrogen-bond acceptors (Lipinski definition) is 4. The average Bonchev–Trinajstić information content (AvgIpc) is 3.35. The Morgan fingerprint density at radius 3 is 3.04 bits per heavy atom. The largest absolute Gasteiger partial charge is 0.481 e. The van der Waals surface area contributed by atoms with Crippen LogP contribution in [0, 0.1) is 12.8 Å². The van der Waals surface area contributed by atoms with E-state index in [0.29, 0.717) is 12.0 Å². The van der Waals surface area contributed by atoms with Crippen LogP contribution in [-0.4, -0.2) is 32.6 Å². The molecule has 1 fully saturated rings. The van der Waals surface area contributed by atoms with Crippen molar-refractivity contribution in [1.82, 2.24) is 20.3 Å². The number of carbonyl (C=O) groups is 1. The van der Waals surface area contributed by atoms with Crippen LogP contribution in [-0.2, 0) is 18.3 Å². The number of aryl methyl sites for hydroxylation is 2. The summed E-state index contributed by atoms with van der Waals surface area (Å²) in [6.45, 7) is 3.09. The summed E-state index contributed by atoms with van der Waals surface area (Å²) in [5.74, 6) is -0.309. The number of aliphatic carboxylic acids is 1. The zero-order valence-electron chi connectivity index (χ0n) is 16.1. The molecule has 6 nitrogen and oxygen atoms in total. The molecule has 2 N–H and O–H groups in total. The molecule has 2 aromatic carbocycles. The van der Waals surface area contributed by atoms with E-state index in [1.165, 1.54) is 17.5 Å². The van der Waals surface area contributed by atoms with Gasteiger partial charge in [-0.05, 0) is 66.1 Å². The summed E-state index contributed by atoms with van der Waals surface area (Å²) in [5.41, 5.74) is 7.66. The molecule has 1 aliphatic heterocycles. The quantitative estimate of drug-likeness (QED) is 0.731. The van der Waals surface area contributed by atoms with Crippen molar-refractivity contribution in [2.45, 2.75) is 38.1 Å². The van der Waals surface area contributed by atoms with E-state index in [0.717, 1.165) is 40.7 Å². The molecule has 3 atom stereocenters. The molecule has 1 aliphatic carbocycles. The van der Waals surface area contributed by atoms with Crippen molar-refractivity contribution in [3.8, 4) is 0 Å². The Kier molecular flexibility index (Phi) is 3.98. The van der Waals surface area contributed by atoms with Crippen molar-refractivity contribution < 1.29 is 9.90 Å². The van der Waals surface area contributed by atoms with E-state index in [1.54, 1.807) is 4.68 Å². The number of aromatic nitrogens is 3. The SMILES string of the molecule is Cc1c(C(CC(=O)O)c2ccc3c(c2)C2NCCC2C3)ccc2c1nnn2C. The van der Waals surface area contributed by atoms with Crippen LogP contribution in [0.5, 0.6) is 0 Å². The molecule has 0 bridgehead atoms. The highest BCUT2D eigenvalue weighted by molar-refractivity contribution is 5.80. The lowest BCUT2D eigenvalue weighted by Gasteiger charge is -2.20. The fourth-order valence-electron chi connectivity index (χ4n) is 5.14. The Morgan fingerprint density at radius 1 is 1.36 bits per heavy atom. The smallest absolute Gasteiger partial charge is 0.304 e. The summed E-state index contributed by atoms with van der Waals surface area (Å²) >= 11 is 0. The predicted octanol–water partition coefficient (Wildman–Crippen LogP) is 3.09. The van der Waals surface area contributed by atoms with Gasteiger partial charge >= 0.3 is 5.97 Å². The maximum absolute atomic E-state index is 11.7. The van der Waals surface area contributed by atoms with Crippen LogP contribution in [0.4, 0.5) is 0 Å². The molecule has 0 amide bonds. The van der Waals surface area contributed by atoms with Crippen molar-refractivity contribution in [2.24, 2.45) is 13.0 Å². The zero-order chi connectivity index (χ0) is 19.4. The molecule has 28 heavy (non-hydrogen) atoms. The second kappa shape index (κ2) is 6.41. The first-order valence-corrected chi connectivity index (χ1v) is 9.89. The number of nitrogens with one attached hydrogen (secondary N) is 1. The highest BCUT2D eigenvalue weighted by Crippen LogP contribution is 2.43. The Bertz CT molecular complexity index is 1090. The maximum atomic E-state index is 11.7. The van der Waals surface area contributed by atoms with Crippen LogP contribution in [0.25, 0.3) is 11.0 Å². The lowest BCUT2D eigenvalue weighted by atomic mass is 9.84. The number of benzene rings is 2. The van der Waals surface area contributed by atoms with Gasteiger partial charge < -0.3 is 10.4 Å². The number of carboxylic acid groups (broad SMARTS) is 1. The predicted molar refractivity (Wildman–Crippen MR) is 106 cm³/mol. The normalized spacial score (nSPS) is 21.6. The Labute approximate surface area is 163 Å². The molecule has 0 spiro atoms. The molecular weight excluding hydrogens is 352 g/mol. The van der Waals surface area contributed by atoms with Gasteiger partial charge in [0.25, 0.3) is 0 Å². The van der Waals surface area contributed by atoms with Crippen LogP contribution in [0.2, 0.25) is 0 Å². The van der Waals surface area contributed by atoms with Crippen molar-refractivity contribution in [3.05, 3.63) is 58.1 Å². The minimum atomic E-state index is -0.791. The van der Waals surface area contributed by atoms with Gasteiger partial charge in [0.05, 0.1) is 11.9 Å². The van der Waals surface area contributed by atoms with Crippen molar-refractivity contribution in [3.63, 3.8) is 0 Å². The number of hydrogen-bond donors (Lipinski definition) is 2. The highest BCUT2D eigenvalue weighted by Gasteiger charge is 2.36. The summed E-state index contributed by atoms with van der Waals surface area (Å²) in [6.07, 6.45) is 2.41.